The van der Waals surface area contributed by atoms with Crippen molar-refractivity contribution in [2.45, 2.75) is 26.9 Å². The lowest BCUT2D eigenvalue weighted by molar-refractivity contribution is 0.0745. The van der Waals surface area contributed by atoms with Crippen LogP contribution >= 0.6 is 0 Å². The van der Waals surface area contributed by atoms with E-state index in [1.54, 1.807) is 0 Å². The Balaban J connectivity index is 1.54. The molecule has 1 aliphatic rings. The number of para-hydroxylation sites is 2. The summed E-state index contributed by atoms with van der Waals surface area (Å²) in [4.78, 5) is 15.2. The summed E-state index contributed by atoms with van der Waals surface area (Å²) >= 11 is 0. The third-order valence-electron chi connectivity index (χ3n) is 5.63. The summed E-state index contributed by atoms with van der Waals surface area (Å²) in [5, 5.41) is 4.93. The van der Waals surface area contributed by atoms with Gasteiger partial charge in [0.25, 0.3) is 5.91 Å². The molecule has 4 aromatic rings. The highest BCUT2D eigenvalue weighted by molar-refractivity contribution is 5.97. The average Bonchev–Trinajstić information content (AvgIpc) is 3.50. The third-order valence-corrected chi connectivity index (χ3v) is 5.63. The fourth-order valence-electron chi connectivity index (χ4n) is 4.15. The second-order valence-electron chi connectivity index (χ2n) is 7.63. The van der Waals surface area contributed by atoms with Crippen molar-refractivity contribution in [3.05, 3.63) is 95.4 Å². The van der Waals surface area contributed by atoms with E-state index in [2.05, 4.69) is 23.6 Å². The first-order valence-electron chi connectivity index (χ1n) is 10.5. The maximum Gasteiger partial charge on any atom is 0.258 e. The predicted molar refractivity (Wildman–Crippen MR) is 119 cm³/mol. The normalized spacial score (nSPS) is 12.8. The summed E-state index contributed by atoms with van der Waals surface area (Å²) in [7, 11) is 0. The number of rotatable bonds is 5. The zero-order valence-corrected chi connectivity index (χ0v) is 17.7. The molecule has 0 unspecified atom stereocenters. The Morgan fingerprint density at radius 3 is 2.52 bits per heavy atom. The molecule has 1 aliphatic heterocycles. The number of nitrogens with zero attached hydrogens (tertiary/aromatic N) is 4. The van der Waals surface area contributed by atoms with E-state index in [9.17, 15) is 4.79 Å². The summed E-state index contributed by atoms with van der Waals surface area (Å²) in [5.74, 6) is 1.56. The van der Waals surface area contributed by atoms with Crippen LogP contribution in [0.25, 0.3) is 11.5 Å². The van der Waals surface area contributed by atoms with Crippen molar-refractivity contribution in [1.29, 1.82) is 0 Å². The van der Waals surface area contributed by atoms with Gasteiger partial charge in [-0.1, -0.05) is 30.3 Å². The molecule has 3 heterocycles. The molecule has 0 atom stereocenters. The van der Waals surface area contributed by atoms with Crippen LogP contribution in [-0.2, 0) is 13.1 Å². The molecule has 6 nitrogen and oxygen atoms in total. The Morgan fingerprint density at radius 2 is 1.74 bits per heavy atom. The maximum atomic E-state index is 13.3. The number of fused-ring (bicyclic) bond motifs is 1. The number of carbonyl (C=O) groups is 1. The first-order valence-corrected chi connectivity index (χ1v) is 10.5. The van der Waals surface area contributed by atoms with E-state index in [0.717, 1.165) is 28.3 Å². The molecule has 0 saturated heterocycles. The molecule has 156 valence electrons. The Bertz CT molecular complexity index is 1240. The summed E-state index contributed by atoms with van der Waals surface area (Å²) < 4.78 is 9.74. The molecular weight excluding hydrogens is 388 g/mol. The van der Waals surface area contributed by atoms with Crippen LogP contribution in [0, 0.1) is 6.92 Å². The highest BCUT2D eigenvalue weighted by Crippen LogP contribution is 2.33. The number of hydrogen-bond acceptors (Lipinski definition) is 3. The van der Waals surface area contributed by atoms with E-state index >= 15 is 0 Å². The van der Waals surface area contributed by atoms with Crippen molar-refractivity contribution < 1.29 is 9.53 Å². The van der Waals surface area contributed by atoms with Crippen LogP contribution in [0.5, 0.6) is 5.75 Å². The number of ether oxygens (including phenoxy) is 1. The molecule has 0 fully saturated rings. The first kappa shape index (κ1) is 19.2. The molecule has 0 N–H and O–H groups in total. The highest BCUT2D eigenvalue weighted by atomic mass is 16.5. The molecule has 2 aromatic carbocycles. The summed E-state index contributed by atoms with van der Waals surface area (Å²) in [6.07, 6.45) is 4.03. The number of aromatic nitrogens is 3. The maximum absolute atomic E-state index is 13.3. The average molecular weight is 412 g/mol. The van der Waals surface area contributed by atoms with E-state index in [-0.39, 0.29) is 5.91 Å². The van der Waals surface area contributed by atoms with Crippen molar-refractivity contribution in [3.8, 4) is 17.3 Å². The van der Waals surface area contributed by atoms with Crippen molar-refractivity contribution in [2.24, 2.45) is 0 Å². The van der Waals surface area contributed by atoms with Crippen molar-refractivity contribution in [1.82, 2.24) is 19.2 Å². The van der Waals surface area contributed by atoms with Gasteiger partial charge in [-0.05, 0) is 49.7 Å². The molecule has 31 heavy (non-hydrogen) atoms. The lowest BCUT2D eigenvalue weighted by Crippen LogP contribution is -2.27. The van der Waals surface area contributed by atoms with Crippen LogP contribution in [0.15, 0.2) is 73.1 Å². The smallest absolute Gasteiger partial charge is 0.258 e. The van der Waals surface area contributed by atoms with Crippen LogP contribution in [0.3, 0.4) is 0 Å². The molecule has 2 aromatic heterocycles. The standard InChI is InChI=1S/C25H24N4O2/c1-3-31-23-13-7-5-11-19(23)25(30)28-16-20-21(17-28)26-29(22-12-6-4-10-18(22)2)24(20)27-14-8-9-15-27/h4-15H,3,16-17H2,1-2H3. The van der Waals surface area contributed by atoms with Crippen molar-refractivity contribution >= 4 is 5.91 Å². The summed E-state index contributed by atoms with van der Waals surface area (Å²) in [6, 6.07) is 19.6. The second-order valence-corrected chi connectivity index (χ2v) is 7.63. The molecule has 0 radical (unpaired) electrons. The minimum Gasteiger partial charge on any atom is -0.493 e. The zero-order chi connectivity index (χ0) is 21.4. The van der Waals surface area contributed by atoms with Crippen LogP contribution in [0.2, 0.25) is 0 Å². The van der Waals surface area contributed by atoms with E-state index in [4.69, 9.17) is 9.84 Å². The molecule has 0 bridgehead atoms. The van der Waals surface area contributed by atoms with Crippen LogP contribution < -0.4 is 4.74 Å². The monoisotopic (exact) mass is 412 g/mol. The molecule has 0 saturated carbocycles. The largest absolute Gasteiger partial charge is 0.493 e. The van der Waals surface area contributed by atoms with Crippen molar-refractivity contribution in [3.63, 3.8) is 0 Å². The molecule has 6 heteroatoms. The SMILES string of the molecule is CCOc1ccccc1C(=O)N1Cc2nn(-c3ccccc3C)c(-n3cccc3)c2C1. The van der Waals surface area contributed by atoms with Gasteiger partial charge in [0.2, 0.25) is 0 Å². The second kappa shape index (κ2) is 7.80. The topological polar surface area (TPSA) is 52.3 Å². The van der Waals surface area contributed by atoms with Gasteiger partial charge in [-0.3, -0.25) is 4.79 Å². The van der Waals surface area contributed by atoms with E-state index in [0.29, 0.717) is 31.0 Å². The fourth-order valence-corrected chi connectivity index (χ4v) is 4.15. The Hall–Kier alpha value is -3.80. The Morgan fingerprint density at radius 1 is 1.00 bits per heavy atom. The van der Waals surface area contributed by atoms with Crippen LogP contribution in [0.1, 0.15) is 34.1 Å². The van der Waals surface area contributed by atoms with E-state index in [1.165, 1.54) is 0 Å². The molecular formula is C25H24N4O2. The van der Waals surface area contributed by atoms with E-state index < -0.39 is 0 Å². The van der Waals surface area contributed by atoms with Gasteiger partial charge in [0, 0.05) is 18.0 Å². The number of benzene rings is 2. The molecule has 1 amide bonds. The summed E-state index contributed by atoms with van der Waals surface area (Å²) in [6.45, 7) is 5.51. The molecule has 5 rings (SSSR count). The lowest BCUT2D eigenvalue weighted by Gasteiger charge is -2.19. The zero-order valence-electron chi connectivity index (χ0n) is 17.7. The number of hydrogen-bond donors (Lipinski definition) is 0. The van der Waals surface area contributed by atoms with Crippen molar-refractivity contribution in [2.75, 3.05) is 6.61 Å². The minimum absolute atomic E-state index is 0.0389. The summed E-state index contributed by atoms with van der Waals surface area (Å²) in [5.41, 5.74) is 4.77. The number of aryl methyl sites for hydroxylation is 1. The van der Waals surface area contributed by atoms with E-state index in [1.807, 2.05) is 77.4 Å². The molecule has 0 spiro atoms. The highest BCUT2D eigenvalue weighted by Gasteiger charge is 2.32. The third kappa shape index (κ3) is 3.30. The van der Waals surface area contributed by atoms with Crippen LogP contribution in [0.4, 0.5) is 0 Å². The quantitative estimate of drug-likeness (QED) is 0.484. The van der Waals surface area contributed by atoms with Gasteiger partial charge >= 0.3 is 0 Å². The van der Waals surface area contributed by atoms with Gasteiger partial charge in [-0.2, -0.15) is 5.10 Å². The Labute approximate surface area is 181 Å². The number of carbonyl (C=O) groups excluding carboxylic acids is 1. The van der Waals surface area contributed by atoms with Gasteiger partial charge in [-0.15, -0.1) is 0 Å². The van der Waals surface area contributed by atoms with Gasteiger partial charge in [0.05, 0.1) is 36.6 Å². The van der Waals surface area contributed by atoms with Gasteiger partial charge in [0.15, 0.2) is 0 Å². The van der Waals surface area contributed by atoms with Gasteiger partial charge in [0.1, 0.15) is 11.6 Å². The minimum atomic E-state index is -0.0389. The van der Waals surface area contributed by atoms with Gasteiger partial charge < -0.3 is 14.2 Å². The predicted octanol–water partition coefficient (Wildman–Crippen LogP) is 4.53. The molecule has 0 aliphatic carbocycles. The first-order chi connectivity index (χ1) is 15.2. The fraction of sp³-hybridized carbons (Fsp3) is 0.200. The van der Waals surface area contributed by atoms with Gasteiger partial charge in [-0.25, -0.2) is 4.68 Å². The Kier molecular flexibility index (Phi) is 4.82. The van der Waals surface area contributed by atoms with Crippen LogP contribution in [-0.4, -0.2) is 31.8 Å². The number of amides is 1. The lowest BCUT2D eigenvalue weighted by atomic mass is 10.1.